The molecule has 4 aromatic rings. The standard InChI is InChI=1S/C34H25NO8/c1-18(33(39)42-17-25(36)19-12-14-20(15-13-19)43-34(40)26-11-6-16-41-26)35-31(37)29-27-21-7-2-3-8-22(21)28(30(29)32(35)38)24-10-5-4-9-23(24)27/h2-16,18,27-30H,17H2,1H3. The van der Waals surface area contributed by atoms with Crippen molar-refractivity contribution in [1.82, 2.24) is 4.90 Å². The quantitative estimate of drug-likeness (QED) is 0.137. The van der Waals surface area contributed by atoms with Crippen LogP contribution in [0.3, 0.4) is 0 Å². The zero-order valence-electron chi connectivity index (χ0n) is 23.0. The Bertz CT molecular complexity index is 1680. The van der Waals surface area contributed by atoms with E-state index in [2.05, 4.69) is 0 Å². The summed E-state index contributed by atoms with van der Waals surface area (Å²) < 4.78 is 15.5. The van der Waals surface area contributed by atoms with E-state index in [0.717, 1.165) is 27.2 Å². The van der Waals surface area contributed by atoms with Crippen LogP contribution in [0.15, 0.2) is 95.6 Å². The van der Waals surface area contributed by atoms with Gasteiger partial charge in [0.25, 0.3) is 0 Å². The van der Waals surface area contributed by atoms with Crippen LogP contribution >= 0.6 is 0 Å². The Morgan fingerprint density at radius 3 is 1.79 bits per heavy atom. The first-order valence-corrected chi connectivity index (χ1v) is 13.9. The number of hydrogen-bond acceptors (Lipinski definition) is 8. The van der Waals surface area contributed by atoms with Crippen molar-refractivity contribution in [2.75, 3.05) is 6.61 Å². The Morgan fingerprint density at radius 2 is 1.30 bits per heavy atom. The number of carbonyl (C=O) groups excluding carboxylic acids is 5. The number of likely N-dealkylation sites (tertiary alicyclic amines) is 1. The Morgan fingerprint density at radius 1 is 0.767 bits per heavy atom. The normalized spacial score (nSPS) is 21.9. The van der Waals surface area contributed by atoms with Gasteiger partial charge in [-0.25, -0.2) is 9.59 Å². The SMILES string of the molecule is CC(C(=O)OCC(=O)c1ccc(OC(=O)c2ccco2)cc1)N1C(=O)C2C3c4ccccc4C(c4ccccc43)C2C1=O. The molecular weight excluding hydrogens is 550 g/mol. The molecule has 1 aliphatic heterocycles. The molecule has 9 heteroatoms. The molecule has 4 aliphatic rings. The van der Waals surface area contributed by atoms with Crippen molar-refractivity contribution < 1.29 is 37.9 Å². The first-order chi connectivity index (χ1) is 20.8. The minimum Gasteiger partial charge on any atom is -0.457 e. The third-order valence-corrected chi connectivity index (χ3v) is 8.67. The van der Waals surface area contributed by atoms with E-state index in [1.54, 1.807) is 6.07 Å². The predicted octanol–water partition coefficient (Wildman–Crippen LogP) is 4.51. The van der Waals surface area contributed by atoms with Gasteiger partial charge in [-0.15, -0.1) is 0 Å². The van der Waals surface area contributed by atoms with Crippen LogP contribution < -0.4 is 4.74 Å². The molecule has 3 aromatic carbocycles. The molecule has 3 unspecified atom stereocenters. The summed E-state index contributed by atoms with van der Waals surface area (Å²) in [5.41, 5.74) is 4.39. The van der Waals surface area contributed by atoms with Gasteiger partial charge in [-0.05, 0) is 65.6 Å². The van der Waals surface area contributed by atoms with Gasteiger partial charge in [0.15, 0.2) is 12.4 Å². The highest BCUT2D eigenvalue weighted by molar-refractivity contribution is 6.10. The number of ketones is 1. The molecule has 3 atom stereocenters. The number of nitrogens with zero attached hydrogens (tertiary/aromatic N) is 1. The summed E-state index contributed by atoms with van der Waals surface area (Å²) in [5, 5.41) is 0. The van der Waals surface area contributed by atoms with Gasteiger partial charge in [-0.3, -0.25) is 19.3 Å². The average molecular weight is 576 g/mol. The van der Waals surface area contributed by atoms with Gasteiger partial charge in [0, 0.05) is 17.4 Å². The van der Waals surface area contributed by atoms with Crippen LogP contribution in [0.2, 0.25) is 0 Å². The van der Waals surface area contributed by atoms with Crippen LogP contribution in [0.4, 0.5) is 0 Å². The molecule has 8 rings (SSSR count). The van der Waals surface area contributed by atoms with Crippen LogP contribution in [0.25, 0.3) is 0 Å². The first kappa shape index (κ1) is 26.6. The second kappa shape index (κ2) is 10.2. The van der Waals surface area contributed by atoms with Gasteiger partial charge in [-0.2, -0.15) is 0 Å². The van der Waals surface area contributed by atoms with Gasteiger partial charge in [0.2, 0.25) is 17.6 Å². The molecule has 1 aromatic heterocycles. The number of ether oxygens (including phenoxy) is 2. The minimum absolute atomic E-state index is 0.0390. The van der Waals surface area contributed by atoms with Crippen LogP contribution in [-0.2, 0) is 19.1 Å². The van der Waals surface area contributed by atoms with Gasteiger partial charge in [0.05, 0.1) is 18.1 Å². The Hall–Kier alpha value is -5.31. The topological polar surface area (TPSA) is 120 Å². The van der Waals surface area contributed by atoms with Crippen molar-refractivity contribution in [2.45, 2.75) is 24.8 Å². The van der Waals surface area contributed by atoms with Crippen molar-refractivity contribution >= 4 is 29.5 Å². The lowest BCUT2D eigenvalue weighted by molar-refractivity contribution is -0.157. The number of benzene rings is 3. The summed E-state index contributed by atoms with van der Waals surface area (Å²) in [5.74, 6) is -4.37. The molecule has 2 heterocycles. The minimum atomic E-state index is -1.20. The monoisotopic (exact) mass is 575 g/mol. The smallest absolute Gasteiger partial charge is 0.379 e. The number of amides is 2. The highest BCUT2D eigenvalue weighted by Crippen LogP contribution is 2.61. The largest absolute Gasteiger partial charge is 0.457 e. The van der Waals surface area contributed by atoms with Crippen molar-refractivity contribution in [3.63, 3.8) is 0 Å². The average Bonchev–Trinajstić information content (AvgIpc) is 3.67. The van der Waals surface area contributed by atoms with Crippen LogP contribution in [0, 0.1) is 11.8 Å². The van der Waals surface area contributed by atoms with E-state index in [9.17, 15) is 24.0 Å². The Kier molecular flexibility index (Phi) is 6.30. The number of carbonyl (C=O) groups is 5. The summed E-state index contributed by atoms with van der Waals surface area (Å²) in [7, 11) is 0. The molecule has 9 nitrogen and oxygen atoms in total. The molecular formula is C34H25NO8. The summed E-state index contributed by atoms with van der Waals surface area (Å²) in [6.07, 6.45) is 1.35. The van der Waals surface area contributed by atoms with Crippen molar-refractivity contribution in [1.29, 1.82) is 0 Å². The molecule has 3 aliphatic carbocycles. The Balaban J connectivity index is 1.04. The van der Waals surface area contributed by atoms with Crippen molar-refractivity contribution in [3.05, 3.63) is 125 Å². The lowest BCUT2D eigenvalue weighted by atomic mass is 9.55. The van der Waals surface area contributed by atoms with E-state index >= 15 is 0 Å². The van der Waals surface area contributed by atoms with Gasteiger partial charge in [0.1, 0.15) is 11.8 Å². The molecule has 1 saturated heterocycles. The number of hydrogen-bond donors (Lipinski definition) is 0. The van der Waals surface area contributed by atoms with Gasteiger partial charge >= 0.3 is 11.9 Å². The summed E-state index contributed by atoms with van der Waals surface area (Å²) in [4.78, 5) is 66.6. The van der Waals surface area contributed by atoms with Crippen LogP contribution in [-0.4, -0.2) is 47.1 Å². The fraction of sp³-hybridized carbons (Fsp3) is 0.206. The van der Waals surface area contributed by atoms with Crippen LogP contribution in [0.1, 0.15) is 61.9 Å². The molecule has 0 spiro atoms. The van der Waals surface area contributed by atoms with Gasteiger partial charge < -0.3 is 13.9 Å². The Labute approximate surface area is 246 Å². The highest BCUT2D eigenvalue weighted by atomic mass is 16.5. The lowest BCUT2D eigenvalue weighted by Gasteiger charge is -2.45. The number of imide groups is 1. The first-order valence-electron chi connectivity index (χ1n) is 13.9. The molecule has 0 N–H and O–H groups in total. The summed E-state index contributed by atoms with van der Waals surface area (Å²) in [6.45, 7) is 0.865. The number of Topliss-reactive ketones (excluding diaryl/α,β-unsaturated/α-hetero) is 1. The second-order valence-corrected chi connectivity index (χ2v) is 10.9. The number of rotatable bonds is 7. The van der Waals surface area contributed by atoms with Gasteiger partial charge in [-0.1, -0.05) is 48.5 Å². The van der Waals surface area contributed by atoms with E-state index in [1.807, 2.05) is 48.5 Å². The summed E-state index contributed by atoms with van der Waals surface area (Å²) in [6, 6.07) is 23.4. The summed E-state index contributed by atoms with van der Waals surface area (Å²) >= 11 is 0. The zero-order valence-corrected chi connectivity index (χ0v) is 23.0. The molecule has 2 amide bonds. The fourth-order valence-corrected chi connectivity index (χ4v) is 6.79. The van der Waals surface area contributed by atoms with E-state index in [4.69, 9.17) is 13.9 Å². The molecule has 1 fully saturated rings. The third-order valence-electron chi connectivity index (χ3n) is 8.67. The molecule has 214 valence electrons. The molecule has 2 bridgehead atoms. The van der Waals surface area contributed by atoms with Crippen molar-refractivity contribution in [2.24, 2.45) is 11.8 Å². The predicted molar refractivity (Wildman–Crippen MR) is 150 cm³/mol. The number of esters is 2. The van der Waals surface area contributed by atoms with E-state index < -0.39 is 54.0 Å². The van der Waals surface area contributed by atoms with Crippen molar-refractivity contribution in [3.8, 4) is 5.75 Å². The second-order valence-electron chi connectivity index (χ2n) is 10.9. The molecule has 0 saturated carbocycles. The zero-order chi connectivity index (χ0) is 29.8. The van der Waals surface area contributed by atoms with E-state index in [0.29, 0.717) is 0 Å². The third kappa shape index (κ3) is 4.19. The molecule has 0 radical (unpaired) electrons. The fourth-order valence-electron chi connectivity index (χ4n) is 6.79. The lowest BCUT2D eigenvalue weighted by Crippen LogP contribution is -2.45. The maximum absolute atomic E-state index is 13.8. The van der Waals surface area contributed by atoms with E-state index in [-0.39, 0.29) is 28.9 Å². The van der Waals surface area contributed by atoms with Crippen LogP contribution in [0.5, 0.6) is 5.75 Å². The maximum Gasteiger partial charge on any atom is 0.379 e. The maximum atomic E-state index is 13.8. The highest BCUT2D eigenvalue weighted by Gasteiger charge is 2.62. The number of furan rings is 1. The molecule has 43 heavy (non-hydrogen) atoms. The van der Waals surface area contributed by atoms with E-state index in [1.165, 1.54) is 43.5 Å².